The molecule has 0 radical (unpaired) electrons. The van der Waals surface area contributed by atoms with Crippen molar-refractivity contribution >= 4 is 46.0 Å². The van der Waals surface area contributed by atoms with Gasteiger partial charge < -0.3 is 15.2 Å². The number of carbonyl (C=O) groups is 2. The van der Waals surface area contributed by atoms with Gasteiger partial charge in [0.25, 0.3) is 0 Å². The number of hydrogen-bond donors (Lipinski definition) is 2. The molecular formula is C21H24N4O2S. The van der Waals surface area contributed by atoms with Crippen molar-refractivity contribution < 1.29 is 9.59 Å². The van der Waals surface area contributed by atoms with Gasteiger partial charge in [0.05, 0.1) is 16.8 Å². The number of nitrogens with one attached hydrogen (secondary N) is 2. The summed E-state index contributed by atoms with van der Waals surface area (Å²) in [6.07, 6.45) is 0. The highest BCUT2D eigenvalue weighted by atomic mass is 32.2. The summed E-state index contributed by atoms with van der Waals surface area (Å²) < 4.78 is 2.18. The molecule has 2 amide bonds. The van der Waals surface area contributed by atoms with Crippen molar-refractivity contribution in [1.29, 1.82) is 0 Å². The first kappa shape index (κ1) is 19.9. The highest BCUT2D eigenvalue weighted by Gasteiger charge is 2.14. The van der Waals surface area contributed by atoms with Crippen molar-refractivity contribution in [2.24, 2.45) is 5.92 Å². The number of para-hydroxylation sites is 2. The van der Waals surface area contributed by atoms with Crippen molar-refractivity contribution in [1.82, 2.24) is 9.55 Å². The Kier molecular flexibility index (Phi) is 6.36. The Hall–Kier alpha value is -2.80. The molecule has 2 N–H and O–H groups in total. The zero-order valence-corrected chi connectivity index (χ0v) is 17.0. The van der Waals surface area contributed by atoms with Crippen LogP contribution in [0, 0.1) is 5.92 Å². The molecule has 0 spiro atoms. The highest BCUT2D eigenvalue weighted by Crippen LogP contribution is 2.25. The Morgan fingerprint density at radius 3 is 2.32 bits per heavy atom. The van der Waals surface area contributed by atoms with E-state index in [9.17, 15) is 9.59 Å². The van der Waals surface area contributed by atoms with Crippen LogP contribution >= 0.6 is 11.8 Å². The van der Waals surface area contributed by atoms with Gasteiger partial charge in [-0.3, -0.25) is 9.59 Å². The fourth-order valence-electron chi connectivity index (χ4n) is 2.87. The van der Waals surface area contributed by atoms with Crippen LogP contribution in [0.3, 0.4) is 0 Å². The minimum atomic E-state index is -0.127. The molecule has 28 heavy (non-hydrogen) atoms. The lowest BCUT2D eigenvalue weighted by Gasteiger charge is -2.11. The zero-order chi connectivity index (χ0) is 20.1. The molecule has 2 aromatic carbocycles. The van der Waals surface area contributed by atoms with E-state index in [2.05, 4.69) is 40.1 Å². The molecule has 3 rings (SSSR count). The van der Waals surface area contributed by atoms with Gasteiger partial charge in [-0.2, -0.15) is 0 Å². The van der Waals surface area contributed by atoms with E-state index in [1.165, 1.54) is 18.7 Å². The van der Waals surface area contributed by atoms with E-state index in [0.717, 1.165) is 22.7 Å². The molecule has 0 aliphatic rings. The maximum absolute atomic E-state index is 12.4. The van der Waals surface area contributed by atoms with Crippen LogP contribution < -0.4 is 10.6 Å². The van der Waals surface area contributed by atoms with Gasteiger partial charge in [-0.25, -0.2) is 4.98 Å². The van der Waals surface area contributed by atoms with Crippen LogP contribution in [0.15, 0.2) is 53.7 Å². The largest absolute Gasteiger partial charge is 0.326 e. The maximum Gasteiger partial charge on any atom is 0.234 e. The third-order valence-electron chi connectivity index (χ3n) is 3.99. The second-order valence-corrected chi connectivity index (χ2v) is 7.93. The standard InChI is InChI=1S/C21H24N4O2S/c1-14(2)12-25-19-7-5-4-6-18(19)24-21(25)28-13-20(27)23-17-10-8-16(9-11-17)22-15(3)26/h4-11,14H,12-13H2,1-3H3,(H,22,26)(H,23,27). The zero-order valence-electron chi connectivity index (χ0n) is 16.2. The number of hydrogen-bond acceptors (Lipinski definition) is 4. The number of rotatable bonds is 7. The number of thioether (sulfide) groups is 1. The number of carbonyl (C=O) groups excluding carboxylic acids is 2. The minimum Gasteiger partial charge on any atom is -0.326 e. The molecule has 0 atom stereocenters. The van der Waals surface area contributed by atoms with E-state index in [1.54, 1.807) is 24.3 Å². The number of anilines is 2. The molecule has 1 aromatic heterocycles. The Balaban J connectivity index is 1.65. The molecule has 0 aliphatic heterocycles. The number of benzene rings is 2. The first-order valence-electron chi connectivity index (χ1n) is 9.18. The van der Waals surface area contributed by atoms with Crippen molar-refractivity contribution in [2.75, 3.05) is 16.4 Å². The van der Waals surface area contributed by atoms with Crippen LogP contribution in [0.1, 0.15) is 20.8 Å². The number of amides is 2. The van der Waals surface area contributed by atoms with Crippen LogP contribution in [0.2, 0.25) is 0 Å². The lowest BCUT2D eigenvalue weighted by molar-refractivity contribution is -0.114. The second kappa shape index (κ2) is 8.93. The van der Waals surface area contributed by atoms with Gasteiger partial charge in [0.1, 0.15) is 0 Å². The topological polar surface area (TPSA) is 76.0 Å². The smallest absolute Gasteiger partial charge is 0.234 e. The quantitative estimate of drug-likeness (QED) is 0.581. The predicted molar refractivity (Wildman–Crippen MR) is 115 cm³/mol. The van der Waals surface area contributed by atoms with Crippen molar-refractivity contribution in [3.8, 4) is 0 Å². The summed E-state index contributed by atoms with van der Waals surface area (Å²) in [6, 6.07) is 15.1. The van der Waals surface area contributed by atoms with E-state index in [0.29, 0.717) is 17.3 Å². The minimum absolute atomic E-state index is 0.0968. The fraction of sp³-hybridized carbons (Fsp3) is 0.286. The average molecular weight is 397 g/mol. The molecule has 0 saturated carbocycles. The molecule has 6 nitrogen and oxygen atoms in total. The summed E-state index contributed by atoms with van der Waals surface area (Å²) >= 11 is 1.44. The monoisotopic (exact) mass is 396 g/mol. The Morgan fingerprint density at radius 1 is 1.04 bits per heavy atom. The van der Waals surface area contributed by atoms with E-state index in [-0.39, 0.29) is 17.6 Å². The average Bonchev–Trinajstić information content (AvgIpc) is 2.98. The second-order valence-electron chi connectivity index (χ2n) is 6.98. The van der Waals surface area contributed by atoms with E-state index in [4.69, 9.17) is 0 Å². The van der Waals surface area contributed by atoms with Crippen LogP contribution in [-0.4, -0.2) is 27.1 Å². The Bertz CT molecular complexity index is 980. The number of aromatic nitrogens is 2. The summed E-state index contributed by atoms with van der Waals surface area (Å²) in [5.41, 5.74) is 3.42. The maximum atomic E-state index is 12.4. The van der Waals surface area contributed by atoms with Gasteiger partial charge in [0.15, 0.2) is 5.16 Å². The van der Waals surface area contributed by atoms with E-state index < -0.39 is 0 Å². The molecule has 0 saturated heterocycles. The number of nitrogens with zero attached hydrogens (tertiary/aromatic N) is 2. The van der Waals surface area contributed by atoms with Gasteiger partial charge in [-0.05, 0) is 42.3 Å². The van der Waals surface area contributed by atoms with Crippen molar-refractivity contribution in [3.05, 3.63) is 48.5 Å². The molecular weight excluding hydrogens is 372 g/mol. The molecule has 7 heteroatoms. The summed E-state index contributed by atoms with van der Waals surface area (Å²) in [5.74, 6) is 0.528. The lowest BCUT2D eigenvalue weighted by atomic mass is 10.2. The lowest BCUT2D eigenvalue weighted by Crippen LogP contribution is -2.15. The van der Waals surface area contributed by atoms with Crippen molar-refractivity contribution in [2.45, 2.75) is 32.5 Å². The van der Waals surface area contributed by atoms with E-state index >= 15 is 0 Å². The van der Waals surface area contributed by atoms with Crippen molar-refractivity contribution in [3.63, 3.8) is 0 Å². The first-order chi connectivity index (χ1) is 13.4. The fourth-order valence-corrected chi connectivity index (χ4v) is 3.70. The van der Waals surface area contributed by atoms with Crippen LogP contribution in [0.4, 0.5) is 11.4 Å². The Labute approximate surface area is 168 Å². The van der Waals surface area contributed by atoms with E-state index in [1.807, 2.05) is 18.2 Å². The third kappa shape index (κ3) is 5.13. The molecule has 0 unspecified atom stereocenters. The summed E-state index contributed by atoms with van der Waals surface area (Å²) in [4.78, 5) is 28.1. The van der Waals surface area contributed by atoms with Crippen LogP contribution in [-0.2, 0) is 16.1 Å². The molecule has 0 fully saturated rings. The van der Waals surface area contributed by atoms with Crippen LogP contribution in [0.5, 0.6) is 0 Å². The van der Waals surface area contributed by atoms with Gasteiger partial charge in [-0.15, -0.1) is 0 Å². The van der Waals surface area contributed by atoms with Gasteiger partial charge in [0.2, 0.25) is 11.8 Å². The summed E-state index contributed by atoms with van der Waals surface area (Å²) in [5, 5.41) is 6.43. The Morgan fingerprint density at radius 2 is 1.68 bits per heavy atom. The summed E-state index contributed by atoms with van der Waals surface area (Å²) in [6.45, 7) is 6.65. The highest BCUT2D eigenvalue weighted by molar-refractivity contribution is 7.99. The van der Waals surface area contributed by atoms with Gasteiger partial charge in [0, 0.05) is 24.8 Å². The van der Waals surface area contributed by atoms with Gasteiger partial charge >= 0.3 is 0 Å². The third-order valence-corrected chi connectivity index (χ3v) is 4.97. The SMILES string of the molecule is CC(=O)Nc1ccc(NC(=O)CSc2nc3ccccc3n2CC(C)C)cc1. The molecule has 146 valence electrons. The molecule has 3 aromatic rings. The predicted octanol–water partition coefficient (Wildman–Crippen LogP) is 4.38. The molecule has 1 heterocycles. The normalized spacial score (nSPS) is 11.0. The molecule has 0 bridgehead atoms. The van der Waals surface area contributed by atoms with Gasteiger partial charge in [-0.1, -0.05) is 37.7 Å². The summed E-state index contributed by atoms with van der Waals surface area (Å²) in [7, 11) is 0. The van der Waals surface area contributed by atoms with Crippen LogP contribution in [0.25, 0.3) is 11.0 Å². The number of imidazole rings is 1. The molecule has 0 aliphatic carbocycles. The first-order valence-corrected chi connectivity index (χ1v) is 10.2. The number of fused-ring (bicyclic) bond motifs is 1.